The summed E-state index contributed by atoms with van der Waals surface area (Å²) < 4.78 is 11.2. The molecule has 2 aromatic rings. The number of hydrogen-bond donors (Lipinski definition) is 1. The van der Waals surface area contributed by atoms with Crippen LogP contribution >= 0.6 is 0 Å². The van der Waals surface area contributed by atoms with Gasteiger partial charge in [-0.1, -0.05) is 6.92 Å². The lowest BCUT2D eigenvalue weighted by atomic mass is 10.0. The van der Waals surface area contributed by atoms with Crippen molar-refractivity contribution in [2.24, 2.45) is 0 Å². The van der Waals surface area contributed by atoms with E-state index < -0.39 is 0 Å². The van der Waals surface area contributed by atoms with E-state index in [1.165, 1.54) is 0 Å². The maximum Gasteiger partial charge on any atom is 0.255 e. The first kappa shape index (κ1) is 16.4. The molecule has 1 saturated heterocycles. The van der Waals surface area contributed by atoms with Crippen LogP contribution in [0.15, 0.2) is 24.3 Å². The van der Waals surface area contributed by atoms with Crippen LogP contribution in [0.5, 0.6) is 11.5 Å². The minimum Gasteiger partial charge on any atom is -0.493 e. The van der Waals surface area contributed by atoms with Gasteiger partial charge in [0.25, 0.3) is 5.91 Å². The van der Waals surface area contributed by atoms with Crippen molar-refractivity contribution in [1.82, 2.24) is 4.90 Å². The number of ether oxygens (including phenoxy) is 2. The topological polar surface area (TPSA) is 64.8 Å². The van der Waals surface area contributed by atoms with E-state index in [1.807, 2.05) is 29.2 Å². The van der Waals surface area contributed by atoms with Gasteiger partial charge in [0.2, 0.25) is 0 Å². The lowest BCUT2D eigenvalue weighted by Crippen LogP contribution is -2.28. The third kappa shape index (κ3) is 3.11. The van der Waals surface area contributed by atoms with Gasteiger partial charge >= 0.3 is 0 Å². The standard InChI is InChI=1S/C19H24N2O3/c1-3-8-24-18-12-14-10-16(20)15(9-13(14)11-17(18)23-2)19(22)21-6-4-5-7-21/h9-12H,3-8,20H2,1-2H3. The largest absolute Gasteiger partial charge is 0.493 e. The van der Waals surface area contributed by atoms with Crippen LogP contribution in [0.3, 0.4) is 0 Å². The number of anilines is 1. The highest BCUT2D eigenvalue weighted by molar-refractivity contribution is 6.04. The fourth-order valence-electron chi connectivity index (χ4n) is 3.09. The Kier molecular flexibility index (Phi) is 4.79. The summed E-state index contributed by atoms with van der Waals surface area (Å²) in [7, 11) is 1.62. The Hall–Kier alpha value is -2.43. The van der Waals surface area contributed by atoms with Gasteiger partial charge < -0.3 is 20.1 Å². The molecule has 0 aliphatic carbocycles. The summed E-state index contributed by atoms with van der Waals surface area (Å²) in [5, 5.41) is 1.87. The van der Waals surface area contributed by atoms with Crippen LogP contribution < -0.4 is 15.2 Å². The number of carbonyl (C=O) groups is 1. The number of rotatable bonds is 5. The van der Waals surface area contributed by atoms with E-state index in [-0.39, 0.29) is 5.91 Å². The third-order valence-electron chi connectivity index (χ3n) is 4.38. The zero-order valence-corrected chi connectivity index (χ0v) is 14.3. The van der Waals surface area contributed by atoms with Crippen molar-refractivity contribution in [2.45, 2.75) is 26.2 Å². The first-order valence-corrected chi connectivity index (χ1v) is 8.47. The van der Waals surface area contributed by atoms with E-state index in [9.17, 15) is 4.79 Å². The van der Waals surface area contributed by atoms with Gasteiger partial charge in [-0.05, 0) is 54.3 Å². The molecule has 5 heteroatoms. The second-order valence-corrected chi connectivity index (χ2v) is 6.14. The number of nitrogens with two attached hydrogens (primary N) is 1. The number of methoxy groups -OCH3 is 1. The summed E-state index contributed by atoms with van der Waals surface area (Å²) in [6.45, 7) is 4.30. The zero-order chi connectivity index (χ0) is 17.1. The van der Waals surface area contributed by atoms with Gasteiger partial charge in [-0.3, -0.25) is 4.79 Å². The van der Waals surface area contributed by atoms with Crippen LogP contribution in [0, 0.1) is 0 Å². The summed E-state index contributed by atoms with van der Waals surface area (Å²) in [5.74, 6) is 1.38. The van der Waals surface area contributed by atoms with E-state index in [1.54, 1.807) is 7.11 Å². The lowest BCUT2D eigenvalue weighted by Gasteiger charge is -2.18. The SMILES string of the molecule is CCCOc1cc2cc(N)c(C(=O)N3CCCC3)cc2cc1OC. The lowest BCUT2D eigenvalue weighted by molar-refractivity contribution is 0.0794. The van der Waals surface area contributed by atoms with Crippen LogP contribution in [-0.4, -0.2) is 37.6 Å². The number of fused-ring (bicyclic) bond motifs is 1. The highest BCUT2D eigenvalue weighted by Crippen LogP contribution is 2.35. The number of amides is 1. The molecule has 0 bridgehead atoms. The maximum absolute atomic E-state index is 12.7. The smallest absolute Gasteiger partial charge is 0.255 e. The molecule has 1 amide bonds. The Balaban J connectivity index is 2.01. The molecule has 2 N–H and O–H groups in total. The molecule has 5 nitrogen and oxygen atoms in total. The van der Waals surface area contributed by atoms with Crippen molar-refractivity contribution in [3.63, 3.8) is 0 Å². The first-order chi connectivity index (χ1) is 11.6. The number of likely N-dealkylation sites (tertiary alicyclic amines) is 1. The normalized spacial score (nSPS) is 14.2. The van der Waals surface area contributed by atoms with Gasteiger partial charge in [0.15, 0.2) is 11.5 Å². The average molecular weight is 328 g/mol. The Bertz CT molecular complexity index is 752. The van der Waals surface area contributed by atoms with Gasteiger partial charge in [-0.25, -0.2) is 0 Å². The van der Waals surface area contributed by atoms with Gasteiger partial charge in [0.1, 0.15) is 0 Å². The predicted molar refractivity (Wildman–Crippen MR) is 95.8 cm³/mol. The van der Waals surface area contributed by atoms with Crippen LogP contribution in [0.4, 0.5) is 5.69 Å². The van der Waals surface area contributed by atoms with E-state index in [0.29, 0.717) is 29.4 Å². The molecule has 1 fully saturated rings. The van der Waals surface area contributed by atoms with Crippen molar-refractivity contribution in [3.05, 3.63) is 29.8 Å². The summed E-state index contributed by atoms with van der Waals surface area (Å²) in [4.78, 5) is 14.5. The van der Waals surface area contributed by atoms with Crippen molar-refractivity contribution in [2.75, 3.05) is 32.5 Å². The molecule has 24 heavy (non-hydrogen) atoms. The Morgan fingerprint density at radius 1 is 1.12 bits per heavy atom. The Labute approximate surface area is 142 Å². The third-order valence-corrected chi connectivity index (χ3v) is 4.38. The highest BCUT2D eigenvalue weighted by atomic mass is 16.5. The molecule has 0 aromatic heterocycles. The molecule has 0 atom stereocenters. The van der Waals surface area contributed by atoms with Crippen LogP contribution in [0.25, 0.3) is 10.8 Å². The average Bonchev–Trinajstić information content (AvgIpc) is 3.12. The van der Waals surface area contributed by atoms with Gasteiger partial charge in [-0.2, -0.15) is 0 Å². The second-order valence-electron chi connectivity index (χ2n) is 6.14. The molecule has 1 aliphatic heterocycles. The number of hydrogen-bond acceptors (Lipinski definition) is 4. The second kappa shape index (κ2) is 6.99. The molecule has 1 aliphatic rings. The van der Waals surface area contributed by atoms with Crippen LogP contribution in [0.1, 0.15) is 36.5 Å². The zero-order valence-electron chi connectivity index (χ0n) is 14.3. The van der Waals surface area contributed by atoms with E-state index in [4.69, 9.17) is 15.2 Å². The molecule has 3 rings (SSSR count). The quantitative estimate of drug-likeness (QED) is 0.854. The first-order valence-electron chi connectivity index (χ1n) is 8.47. The molecule has 2 aromatic carbocycles. The van der Waals surface area contributed by atoms with Crippen LogP contribution in [-0.2, 0) is 0 Å². The number of nitrogens with zero attached hydrogens (tertiary/aromatic N) is 1. The molecular formula is C19H24N2O3. The summed E-state index contributed by atoms with van der Waals surface area (Å²) in [6.07, 6.45) is 3.04. The molecule has 0 radical (unpaired) electrons. The van der Waals surface area contributed by atoms with E-state index in [0.717, 1.165) is 43.1 Å². The van der Waals surface area contributed by atoms with Crippen molar-refractivity contribution < 1.29 is 14.3 Å². The van der Waals surface area contributed by atoms with E-state index >= 15 is 0 Å². The predicted octanol–water partition coefficient (Wildman–Crippen LogP) is 3.46. The molecule has 0 saturated carbocycles. The molecule has 0 spiro atoms. The summed E-state index contributed by atoms with van der Waals surface area (Å²) in [5.41, 5.74) is 7.23. The van der Waals surface area contributed by atoms with Gasteiger partial charge in [0, 0.05) is 18.8 Å². The Morgan fingerprint density at radius 3 is 2.46 bits per heavy atom. The van der Waals surface area contributed by atoms with Gasteiger partial charge in [0.05, 0.1) is 19.3 Å². The summed E-state index contributed by atoms with van der Waals surface area (Å²) in [6, 6.07) is 7.53. The maximum atomic E-state index is 12.7. The molecular weight excluding hydrogens is 304 g/mol. The number of nitrogen functional groups attached to an aromatic ring is 1. The molecule has 0 unspecified atom stereocenters. The molecule has 128 valence electrons. The van der Waals surface area contributed by atoms with Crippen LogP contribution in [0.2, 0.25) is 0 Å². The van der Waals surface area contributed by atoms with E-state index in [2.05, 4.69) is 6.92 Å². The van der Waals surface area contributed by atoms with Gasteiger partial charge in [-0.15, -0.1) is 0 Å². The fourth-order valence-corrected chi connectivity index (χ4v) is 3.09. The number of benzene rings is 2. The monoisotopic (exact) mass is 328 g/mol. The highest BCUT2D eigenvalue weighted by Gasteiger charge is 2.22. The van der Waals surface area contributed by atoms with Crippen molar-refractivity contribution >= 4 is 22.4 Å². The molecule has 1 heterocycles. The number of carbonyl (C=O) groups excluding carboxylic acids is 1. The Morgan fingerprint density at radius 2 is 1.79 bits per heavy atom. The minimum absolute atomic E-state index is 0.0113. The summed E-state index contributed by atoms with van der Waals surface area (Å²) >= 11 is 0. The fraction of sp³-hybridized carbons (Fsp3) is 0.421. The minimum atomic E-state index is 0.0113. The van der Waals surface area contributed by atoms with Crippen molar-refractivity contribution in [1.29, 1.82) is 0 Å². The van der Waals surface area contributed by atoms with Crippen molar-refractivity contribution in [3.8, 4) is 11.5 Å².